The number of aromatic amines is 1. The van der Waals surface area contributed by atoms with Gasteiger partial charge in [-0.3, -0.25) is 9.89 Å². The molecule has 6 nitrogen and oxygen atoms in total. The number of carbonyl (C=O) groups excluding carboxylic acids is 1. The molecule has 2 heterocycles. The third-order valence-electron chi connectivity index (χ3n) is 5.21. The summed E-state index contributed by atoms with van der Waals surface area (Å²) in [6, 6.07) is 15.6. The van der Waals surface area contributed by atoms with E-state index in [1.165, 1.54) is 12.1 Å². The number of nitrogens with one attached hydrogen (secondary N) is 2. The van der Waals surface area contributed by atoms with E-state index < -0.39 is 0 Å². The van der Waals surface area contributed by atoms with Crippen molar-refractivity contribution in [3.05, 3.63) is 66.0 Å². The predicted molar refractivity (Wildman–Crippen MR) is 110 cm³/mol. The third kappa shape index (κ3) is 4.39. The Hall–Kier alpha value is -3.35. The maximum atomic E-state index is 13.1. The Morgan fingerprint density at radius 3 is 2.66 bits per heavy atom. The molecule has 0 unspecified atom stereocenters. The summed E-state index contributed by atoms with van der Waals surface area (Å²) in [5.74, 6) is 1.19. The zero-order chi connectivity index (χ0) is 20.2. The van der Waals surface area contributed by atoms with Gasteiger partial charge in [0.25, 0.3) is 5.91 Å². The number of ether oxygens (including phenoxy) is 1. The van der Waals surface area contributed by atoms with E-state index >= 15 is 0 Å². The van der Waals surface area contributed by atoms with Gasteiger partial charge in [-0.15, -0.1) is 0 Å². The van der Waals surface area contributed by atoms with Crippen LogP contribution in [0.1, 0.15) is 23.2 Å². The molecule has 0 aliphatic carbocycles. The molecule has 1 fully saturated rings. The molecular formula is C22H23FN4O2. The number of anilines is 1. The number of aromatic nitrogens is 2. The van der Waals surface area contributed by atoms with Gasteiger partial charge >= 0.3 is 0 Å². The summed E-state index contributed by atoms with van der Waals surface area (Å²) in [7, 11) is 1.59. The SMILES string of the molecule is COc1cccc(C(=O)NC2CCN(c3cc(-c4ccc(F)cc4)[nH]n3)CC2)c1. The molecule has 3 aromatic rings. The minimum Gasteiger partial charge on any atom is -0.497 e. The molecule has 4 rings (SSSR count). The molecule has 2 N–H and O–H groups in total. The molecule has 1 amide bonds. The van der Waals surface area contributed by atoms with Gasteiger partial charge in [-0.1, -0.05) is 6.07 Å². The van der Waals surface area contributed by atoms with E-state index in [1.807, 2.05) is 18.2 Å². The normalized spacial score (nSPS) is 14.6. The standard InChI is InChI=1S/C22H23FN4O2/c1-29-19-4-2-3-16(13-19)22(28)24-18-9-11-27(12-10-18)21-14-20(25-26-21)15-5-7-17(23)8-6-15/h2-8,13-14,18H,9-12H2,1H3,(H,24,28)(H,25,26). The van der Waals surface area contributed by atoms with Gasteiger partial charge in [0.15, 0.2) is 5.82 Å². The summed E-state index contributed by atoms with van der Waals surface area (Å²) in [6.45, 7) is 1.60. The Morgan fingerprint density at radius 2 is 1.93 bits per heavy atom. The van der Waals surface area contributed by atoms with E-state index in [-0.39, 0.29) is 17.8 Å². The Morgan fingerprint density at radius 1 is 1.17 bits per heavy atom. The molecule has 7 heteroatoms. The fraction of sp³-hybridized carbons (Fsp3) is 0.273. The van der Waals surface area contributed by atoms with E-state index in [1.54, 1.807) is 31.4 Å². The highest BCUT2D eigenvalue weighted by molar-refractivity contribution is 5.94. The second-order valence-corrected chi connectivity index (χ2v) is 7.11. The topological polar surface area (TPSA) is 70.2 Å². The molecule has 1 aromatic heterocycles. The molecule has 29 heavy (non-hydrogen) atoms. The zero-order valence-electron chi connectivity index (χ0n) is 16.2. The van der Waals surface area contributed by atoms with Crippen molar-refractivity contribution in [3.63, 3.8) is 0 Å². The molecule has 0 radical (unpaired) electrons. The summed E-state index contributed by atoms with van der Waals surface area (Å²) in [5.41, 5.74) is 2.35. The van der Waals surface area contributed by atoms with Crippen LogP contribution < -0.4 is 15.0 Å². The lowest BCUT2D eigenvalue weighted by Crippen LogP contribution is -2.44. The monoisotopic (exact) mass is 394 g/mol. The number of hydrogen-bond acceptors (Lipinski definition) is 4. The number of amides is 1. The molecule has 0 bridgehead atoms. The van der Waals surface area contributed by atoms with Crippen LogP contribution in [-0.2, 0) is 0 Å². The summed E-state index contributed by atoms with van der Waals surface area (Å²) in [5, 5.41) is 10.5. The number of H-pyrrole nitrogens is 1. The van der Waals surface area contributed by atoms with Gasteiger partial charge in [0, 0.05) is 30.8 Å². The van der Waals surface area contributed by atoms with Gasteiger partial charge in [-0.05, 0) is 60.9 Å². The van der Waals surface area contributed by atoms with Gasteiger partial charge in [0.2, 0.25) is 0 Å². The quantitative estimate of drug-likeness (QED) is 0.693. The lowest BCUT2D eigenvalue weighted by molar-refractivity contribution is 0.0930. The highest BCUT2D eigenvalue weighted by Crippen LogP contribution is 2.24. The Bertz CT molecular complexity index is 978. The second kappa shape index (κ2) is 8.34. The Balaban J connectivity index is 1.33. The first-order chi connectivity index (χ1) is 14.1. The molecule has 1 aliphatic rings. The molecule has 0 spiro atoms. The average Bonchev–Trinajstić information content (AvgIpc) is 3.25. The first kappa shape index (κ1) is 19.0. The average molecular weight is 394 g/mol. The lowest BCUT2D eigenvalue weighted by atomic mass is 10.0. The van der Waals surface area contributed by atoms with Crippen LogP contribution in [0.25, 0.3) is 11.3 Å². The van der Waals surface area contributed by atoms with Crippen molar-refractivity contribution >= 4 is 11.7 Å². The smallest absolute Gasteiger partial charge is 0.251 e. The molecule has 0 saturated carbocycles. The maximum Gasteiger partial charge on any atom is 0.251 e. The highest BCUT2D eigenvalue weighted by Gasteiger charge is 2.23. The van der Waals surface area contributed by atoms with E-state index in [0.29, 0.717) is 11.3 Å². The minimum atomic E-state index is -0.258. The van der Waals surface area contributed by atoms with Crippen LogP contribution in [0.2, 0.25) is 0 Å². The van der Waals surface area contributed by atoms with E-state index in [2.05, 4.69) is 20.4 Å². The summed E-state index contributed by atoms with van der Waals surface area (Å²) in [6.07, 6.45) is 1.68. The van der Waals surface area contributed by atoms with Crippen molar-refractivity contribution < 1.29 is 13.9 Å². The molecule has 1 aliphatic heterocycles. The van der Waals surface area contributed by atoms with Gasteiger partial charge < -0.3 is 15.0 Å². The van der Waals surface area contributed by atoms with Gasteiger partial charge in [0.05, 0.1) is 12.8 Å². The number of nitrogens with zero attached hydrogens (tertiary/aromatic N) is 2. The fourth-order valence-electron chi connectivity index (χ4n) is 3.54. The van der Waals surface area contributed by atoms with Crippen LogP contribution >= 0.6 is 0 Å². The van der Waals surface area contributed by atoms with Crippen molar-refractivity contribution in [2.45, 2.75) is 18.9 Å². The van der Waals surface area contributed by atoms with Gasteiger partial charge in [-0.25, -0.2) is 4.39 Å². The Labute approximate surface area is 168 Å². The summed E-state index contributed by atoms with van der Waals surface area (Å²) < 4.78 is 18.3. The molecule has 2 aromatic carbocycles. The summed E-state index contributed by atoms with van der Waals surface area (Å²) in [4.78, 5) is 14.7. The predicted octanol–water partition coefficient (Wildman–Crippen LogP) is 3.62. The number of halogens is 1. The Kier molecular flexibility index (Phi) is 5.46. The molecule has 1 saturated heterocycles. The molecule has 0 atom stereocenters. The van der Waals surface area contributed by atoms with Crippen molar-refractivity contribution in [2.24, 2.45) is 0 Å². The van der Waals surface area contributed by atoms with E-state index in [0.717, 1.165) is 43.0 Å². The van der Waals surface area contributed by atoms with Crippen molar-refractivity contribution in [1.29, 1.82) is 0 Å². The number of benzene rings is 2. The fourth-order valence-corrected chi connectivity index (χ4v) is 3.54. The highest BCUT2D eigenvalue weighted by atomic mass is 19.1. The number of carbonyl (C=O) groups is 1. The molecular weight excluding hydrogens is 371 g/mol. The van der Waals surface area contributed by atoms with E-state index in [9.17, 15) is 9.18 Å². The van der Waals surface area contributed by atoms with Crippen molar-refractivity contribution in [1.82, 2.24) is 15.5 Å². The first-order valence-corrected chi connectivity index (χ1v) is 9.63. The van der Waals surface area contributed by atoms with Crippen LogP contribution in [0, 0.1) is 5.82 Å². The number of methoxy groups -OCH3 is 1. The van der Waals surface area contributed by atoms with Gasteiger partial charge in [-0.2, -0.15) is 5.10 Å². The minimum absolute atomic E-state index is 0.0827. The van der Waals surface area contributed by atoms with Crippen LogP contribution in [-0.4, -0.2) is 42.3 Å². The zero-order valence-corrected chi connectivity index (χ0v) is 16.2. The second-order valence-electron chi connectivity index (χ2n) is 7.11. The largest absolute Gasteiger partial charge is 0.497 e. The number of piperidine rings is 1. The van der Waals surface area contributed by atoms with Crippen LogP contribution in [0.5, 0.6) is 5.75 Å². The van der Waals surface area contributed by atoms with Crippen LogP contribution in [0.3, 0.4) is 0 Å². The van der Waals surface area contributed by atoms with E-state index in [4.69, 9.17) is 4.74 Å². The number of hydrogen-bond donors (Lipinski definition) is 2. The maximum absolute atomic E-state index is 13.1. The molecule has 150 valence electrons. The summed E-state index contributed by atoms with van der Waals surface area (Å²) >= 11 is 0. The first-order valence-electron chi connectivity index (χ1n) is 9.63. The number of rotatable bonds is 5. The van der Waals surface area contributed by atoms with Crippen molar-refractivity contribution in [3.8, 4) is 17.0 Å². The van der Waals surface area contributed by atoms with Gasteiger partial charge in [0.1, 0.15) is 11.6 Å². The van der Waals surface area contributed by atoms with Crippen molar-refractivity contribution in [2.75, 3.05) is 25.1 Å². The van der Waals surface area contributed by atoms with Crippen LogP contribution in [0.4, 0.5) is 10.2 Å². The lowest BCUT2D eigenvalue weighted by Gasteiger charge is -2.32. The van der Waals surface area contributed by atoms with Crippen LogP contribution in [0.15, 0.2) is 54.6 Å². The third-order valence-corrected chi connectivity index (χ3v) is 5.21.